The maximum atomic E-state index is 5.65. The number of aliphatic imine (C=N–C) groups is 1. The van der Waals surface area contributed by atoms with E-state index in [0.29, 0.717) is 42.5 Å². The summed E-state index contributed by atoms with van der Waals surface area (Å²) >= 11 is 0. The van der Waals surface area contributed by atoms with Crippen molar-refractivity contribution >= 4 is 5.96 Å². The van der Waals surface area contributed by atoms with Crippen molar-refractivity contribution in [2.45, 2.75) is 53.2 Å². The number of methoxy groups -OCH3 is 2. The van der Waals surface area contributed by atoms with Gasteiger partial charge in [-0.05, 0) is 52.3 Å². The fourth-order valence-corrected chi connectivity index (χ4v) is 3.15. The lowest BCUT2D eigenvalue weighted by molar-refractivity contribution is 0.178. The Hall–Kier alpha value is -2.15. The molecule has 2 N–H and O–H groups in total. The summed E-state index contributed by atoms with van der Waals surface area (Å²) in [7, 11) is 5.03. The van der Waals surface area contributed by atoms with Crippen molar-refractivity contribution in [2.75, 3.05) is 41.0 Å². The van der Waals surface area contributed by atoms with Crippen LogP contribution in [-0.2, 0) is 6.54 Å². The Morgan fingerprint density at radius 3 is 2.04 bits per heavy atom. The quantitative estimate of drug-likeness (QED) is 0.444. The van der Waals surface area contributed by atoms with Gasteiger partial charge < -0.3 is 24.8 Å². The van der Waals surface area contributed by atoms with Crippen molar-refractivity contribution in [3.05, 3.63) is 17.7 Å². The van der Waals surface area contributed by atoms with Gasteiger partial charge in [0.05, 0.1) is 20.8 Å². The van der Waals surface area contributed by atoms with Crippen LogP contribution in [0.25, 0.3) is 0 Å². The Bertz CT molecular complexity index is 585. The first-order valence-electron chi connectivity index (χ1n) is 9.95. The van der Waals surface area contributed by atoms with Crippen LogP contribution in [0.3, 0.4) is 0 Å². The van der Waals surface area contributed by atoms with Gasteiger partial charge in [-0.3, -0.25) is 9.89 Å². The number of nitrogens with one attached hydrogen (secondary N) is 2. The lowest BCUT2D eigenvalue weighted by Crippen LogP contribution is -2.45. The third-order valence-corrected chi connectivity index (χ3v) is 4.48. The number of nitrogens with zero attached hydrogens (tertiary/aromatic N) is 2. The average molecular weight is 395 g/mol. The highest BCUT2D eigenvalue weighted by Gasteiger charge is 2.15. The second-order valence-electron chi connectivity index (χ2n) is 7.04. The molecule has 0 heterocycles. The zero-order chi connectivity index (χ0) is 21.1. The normalized spacial score (nSPS) is 11.9. The fourth-order valence-electron chi connectivity index (χ4n) is 3.15. The summed E-state index contributed by atoms with van der Waals surface area (Å²) in [5.74, 6) is 2.71. The van der Waals surface area contributed by atoms with E-state index < -0.39 is 0 Å². The smallest absolute Gasteiger partial charge is 0.203 e. The van der Waals surface area contributed by atoms with Crippen LogP contribution < -0.4 is 24.8 Å². The van der Waals surface area contributed by atoms with Crippen molar-refractivity contribution in [3.63, 3.8) is 0 Å². The molecule has 1 aromatic rings. The van der Waals surface area contributed by atoms with Gasteiger partial charge in [0.1, 0.15) is 0 Å². The van der Waals surface area contributed by atoms with Gasteiger partial charge in [0.15, 0.2) is 17.5 Å². The van der Waals surface area contributed by atoms with Crippen LogP contribution in [0.2, 0.25) is 0 Å². The molecule has 0 bridgehead atoms. The van der Waals surface area contributed by atoms with Crippen LogP contribution in [0.15, 0.2) is 17.1 Å². The van der Waals surface area contributed by atoms with Gasteiger partial charge >= 0.3 is 0 Å². The van der Waals surface area contributed by atoms with E-state index in [4.69, 9.17) is 14.2 Å². The summed E-state index contributed by atoms with van der Waals surface area (Å²) in [5, 5.41) is 6.72. The van der Waals surface area contributed by atoms with Gasteiger partial charge in [-0.15, -0.1) is 0 Å². The third-order valence-electron chi connectivity index (χ3n) is 4.48. The Kier molecular flexibility index (Phi) is 10.5. The SMILES string of the molecule is CCOc1c(OC)cc(CNC(=NC)NCCN(C(C)C)C(C)C)cc1OC. The molecule has 0 aliphatic carbocycles. The first-order valence-corrected chi connectivity index (χ1v) is 9.95. The van der Waals surface area contributed by atoms with E-state index in [0.717, 1.165) is 24.6 Å². The van der Waals surface area contributed by atoms with Crippen LogP contribution in [0.5, 0.6) is 17.2 Å². The van der Waals surface area contributed by atoms with E-state index in [2.05, 4.69) is 48.2 Å². The van der Waals surface area contributed by atoms with Gasteiger partial charge in [0.25, 0.3) is 0 Å². The summed E-state index contributed by atoms with van der Waals surface area (Å²) in [6, 6.07) is 4.93. The number of benzene rings is 1. The number of hydrogen-bond donors (Lipinski definition) is 2. The maximum Gasteiger partial charge on any atom is 0.203 e. The lowest BCUT2D eigenvalue weighted by atomic mass is 10.2. The third kappa shape index (κ3) is 7.11. The molecule has 28 heavy (non-hydrogen) atoms. The standard InChI is InChI=1S/C21H38N4O3/c1-9-28-20-18(26-7)12-17(13-19(20)27-8)14-24-21(22-6)23-10-11-25(15(2)3)16(4)5/h12-13,15-16H,9-11,14H2,1-8H3,(H2,22,23,24). The zero-order valence-corrected chi connectivity index (χ0v) is 18.8. The summed E-state index contributed by atoms with van der Waals surface area (Å²) in [5.41, 5.74) is 1.02. The molecule has 0 unspecified atom stereocenters. The lowest BCUT2D eigenvalue weighted by Gasteiger charge is -2.30. The van der Waals surface area contributed by atoms with Crippen molar-refractivity contribution in [3.8, 4) is 17.2 Å². The maximum absolute atomic E-state index is 5.65. The average Bonchev–Trinajstić information content (AvgIpc) is 2.67. The molecular weight excluding hydrogens is 356 g/mol. The highest BCUT2D eigenvalue weighted by molar-refractivity contribution is 5.79. The van der Waals surface area contributed by atoms with Gasteiger partial charge in [-0.1, -0.05) is 0 Å². The number of ether oxygens (including phenoxy) is 3. The Balaban J connectivity index is 2.70. The van der Waals surface area contributed by atoms with E-state index in [1.807, 2.05) is 19.1 Å². The number of guanidine groups is 1. The molecule has 0 amide bonds. The molecule has 7 heteroatoms. The van der Waals surface area contributed by atoms with E-state index in [9.17, 15) is 0 Å². The van der Waals surface area contributed by atoms with Crippen LogP contribution in [-0.4, -0.2) is 63.9 Å². The Morgan fingerprint density at radius 2 is 1.61 bits per heavy atom. The molecule has 0 saturated heterocycles. The monoisotopic (exact) mass is 394 g/mol. The van der Waals surface area contributed by atoms with Crippen LogP contribution in [0, 0.1) is 0 Å². The number of hydrogen-bond acceptors (Lipinski definition) is 5. The molecule has 0 aliphatic rings. The molecular formula is C21H38N4O3. The van der Waals surface area contributed by atoms with Crippen molar-refractivity contribution in [2.24, 2.45) is 4.99 Å². The molecule has 0 spiro atoms. The minimum absolute atomic E-state index is 0.514. The molecule has 0 radical (unpaired) electrons. The molecule has 0 aliphatic heterocycles. The van der Waals surface area contributed by atoms with Crippen LogP contribution >= 0.6 is 0 Å². The minimum atomic E-state index is 0.514. The topological polar surface area (TPSA) is 67.4 Å². The predicted octanol–water partition coefficient (Wildman–Crippen LogP) is 2.89. The van der Waals surface area contributed by atoms with Gasteiger partial charge in [0.2, 0.25) is 5.75 Å². The van der Waals surface area contributed by atoms with Crippen molar-refractivity contribution in [1.82, 2.24) is 15.5 Å². The zero-order valence-electron chi connectivity index (χ0n) is 18.8. The Labute approximate surface area is 170 Å². The largest absolute Gasteiger partial charge is 0.493 e. The summed E-state index contributed by atoms with van der Waals surface area (Å²) in [4.78, 5) is 6.76. The molecule has 0 saturated carbocycles. The van der Waals surface area contributed by atoms with Crippen LogP contribution in [0.4, 0.5) is 0 Å². The van der Waals surface area contributed by atoms with Gasteiger partial charge in [-0.2, -0.15) is 0 Å². The van der Waals surface area contributed by atoms with E-state index in [1.165, 1.54) is 0 Å². The predicted molar refractivity (Wildman–Crippen MR) is 116 cm³/mol. The molecule has 0 aromatic heterocycles. The van der Waals surface area contributed by atoms with E-state index >= 15 is 0 Å². The molecule has 0 atom stereocenters. The Morgan fingerprint density at radius 1 is 1.04 bits per heavy atom. The molecule has 1 rings (SSSR count). The molecule has 0 fully saturated rings. The molecule has 7 nitrogen and oxygen atoms in total. The highest BCUT2D eigenvalue weighted by atomic mass is 16.5. The van der Waals surface area contributed by atoms with E-state index in [1.54, 1.807) is 21.3 Å². The first-order chi connectivity index (χ1) is 13.4. The van der Waals surface area contributed by atoms with Crippen molar-refractivity contribution in [1.29, 1.82) is 0 Å². The first kappa shape index (κ1) is 23.9. The van der Waals surface area contributed by atoms with Crippen LogP contribution in [0.1, 0.15) is 40.2 Å². The summed E-state index contributed by atoms with van der Waals surface area (Å²) in [6.07, 6.45) is 0. The molecule has 160 valence electrons. The second kappa shape index (κ2) is 12.3. The van der Waals surface area contributed by atoms with Crippen molar-refractivity contribution < 1.29 is 14.2 Å². The summed E-state index contributed by atoms with van der Waals surface area (Å²) in [6.45, 7) is 13.7. The summed E-state index contributed by atoms with van der Waals surface area (Å²) < 4.78 is 16.6. The fraction of sp³-hybridized carbons (Fsp3) is 0.667. The molecule has 1 aromatic carbocycles. The van der Waals surface area contributed by atoms with Gasteiger partial charge in [-0.25, -0.2) is 0 Å². The number of rotatable bonds is 11. The highest BCUT2D eigenvalue weighted by Crippen LogP contribution is 2.38. The van der Waals surface area contributed by atoms with Gasteiger partial charge in [0, 0.05) is 38.8 Å². The van der Waals surface area contributed by atoms with E-state index in [-0.39, 0.29) is 0 Å². The second-order valence-corrected chi connectivity index (χ2v) is 7.04. The minimum Gasteiger partial charge on any atom is -0.493 e.